The molecule has 0 bridgehead atoms. The number of amides is 1. The van der Waals surface area contributed by atoms with Crippen molar-refractivity contribution in [3.63, 3.8) is 0 Å². The molecule has 1 amide bonds. The first-order chi connectivity index (χ1) is 11.7. The minimum atomic E-state index is -0.00676. The van der Waals surface area contributed by atoms with E-state index in [4.69, 9.17) is 11.6 Å². The molecule has 1 fully saturated rings. The summed E-state index contributed by atoms with van der Waals surface area (Å²) in [5, 5.41) is 6.76. The van der Waals surface area contributed by atoms with Crippen LogP contribution in [0, 0.1) is 0 Å². The number of para-hydroxylation sites is 1. The minimum absolute atomic E-state index is 0. The van der Waals surface area contributed by atoms with Crippen LogP contribution in [0.25, 0.3) is 0 Å². The number of carbonyl (C=O) groups excluding carboxylic acids is 1. The number of hydrogen-bond donors (Lipinski definition) is 2. The van der Waals surface area contributed by atoms with Gasteiger partial charge in [0.25, 0.3) is 0 Å². The Bertz CT molecular complexity index is 576. The lowest BCUT2D eigenvalue weighted by molar-refractivity contribution is -0.120. The van der Waals surface area contributed by atoms with Crippen LogP contribution in [0.4, 0.5) is 5.69 Å². The summed E-state index contributed by atoms with van der Waals surface area (Å²) in [5.41, 5.74) is 1.07. The Morgan fingerprint density at radius 2 is 1.88 bits per heavy atom. The van der Waals surface area contributed by atoms with Crippen molar-refractivity contribution in [2.75, 3.05) is 51.2 Å². The molecule has 0 spiro atoms. The molecule has 1 heterocycles. The van der Waals surface area contributed by atoms with E-state index in [0.29, 0.717) is 6.54 Å². The van der Waals surface area contributed by atoms with E-state index in [1.165, 1.54) is 0 Å². The molecule has 6 nitrogen and oxygen atoms in total. The van der Waals surface area contributed by atoms with Gasteiger partial charge in [0, 0.05) is 39.8 Å². The molecule has 0 aromatic heterocycles. The van der Waals surface area contributed by atoms with Gasteiger partial charge in [0.1, 0.15) is 0 Å². The van der Waals surface area contributed by atoms with Crippen LogP contribution in [0.1, 0.15) is 13.3 Å². The second kappa shape index (κ2) is 11.4. The third kappa shape index (κ3) is 6.54. The summed E-state index contributed by atoms with van der Waals surface area (Å²) in [6.45, 7) is 6.39. The van der Waals surface area contributed by atoms with Crippen molar-refractivity contribution >= 4 is 53.1 Å². The van der Waals surface area contributed by atoms with Gasteiger partial charge in [0.2, 0.25) is 5.91 Å². The maximum atomic E-state index is 11.7. The fourth-order valence-corrected chi connectivity index (χ4v) is 2.94. The third-order valence-corrected chi connectivity index (χ3v) is 4.28. The van der Waals surface area contributed by atoms with Gasteiger partial charge in [0.05, 0.1) is 17.3 Å². The van der Waals surface area contributed by atoms with Gasteiger partial charge in [0.15, 0.2) is 5.96 Å². The van der Waals surface area contributed by atoms with E-state index >= 15 is 0 Å². The Morgan fingerprint density at radius 1 is 1.20 bits per heavy atom. The molecule has 0 radical (unpaired) electrons. The molecule has 8 heteroatoms. The minimum Gasteiger partial charge on any atom is -0.367 e. The molecule has 0 unspecified atom stereocenters. The van der Waals surface area contributed by atoms with Gasteiger partial charge >= 0.3 is 0 Å². The van der Waals surface area contributed by atoms with Crippen LogP contribution in [-0.2, 0) is 4.79 Å². The highest BCUT2D eigenvalue weighted by molar-refractivity contribution is 14.0. The summed E-state index contributed by atoms with van der Waals surface area (Å²) < 4.78 is 0. The molecular weight excluding hydrogens is 453 g/mol. The summed E-state index contributed by atoms with van der Waals surface area (Å²) in [6, 6.07) is 7.90. The van der Waals surface area contributed by atoms with Crippen LogP contribution < -0.4 is 15.5 Å². The lowest BCUT2D eigenvalue weighted by atomic mass is 10.2. The van der Waals surface area contributed by atoms with Gasteiger partial charge in [-0.2, -0.15) is 0 Å². The smallest absolute Gasteiger partial charge is 0.239 e. The number of hydrogen-bond acceptors (Lipinski definition) is 3. The van der Waals surface area contributed by atoms with Crippen molar-refractivity contribution in [3.05, 3.63) is 29.3 Å². The maximum Gasteiger partial charge on any atom is 0.239 e. The van der Waals surface area contributed by atoms with Gasteiger partial charge in [-0.05, 0) is 18.6 Å². The molecule has 1 aliphatic heterocycles. The first kappa shape index (κ1) is 21.8. The molecule has 2 N–H and O–H groups in total. The molecule has 25 heavy (non-hydrogen) atoms. The predicted molar refractivity (Wildman–Crippen MR) is 115 cm³/mol. The zero-order valence-electron chi connectivity index (χ0n) is 14.8. The van der Waals surface area contributed by atoms with Crippen LogP contribution in [0.15, 0.2) is 29.3 Å². The average Bonchev–Trinajstić information content (AvgIpc) is 2.61. The number of halogens is 2. The number of anilines is 1. The standard InChI is InChI=1S/C17H26ClN5O.HI/c1-3-8-20-16(24)13-21-17(19-2)23-11-9-22(10-12-23)15-7-5-4-6-14(15)18;/h4-7H,3,8-13H2,1-2H3,(H,19,21)(H,20,24);1H. The van der Waals surface area contributed by atoms with Gasteiger partial charge < -0.3 is 20.4 Å². The number of nitrogens with one attached hydrogen (secondary N) is 2. The Labute approximate surface area is 172 Å². The first-order valence-electron chi connectivity index (χ1n) is 8.37. The number of benzene rings is 1. The van der Waals surface area contributed by atoms with E-state index in [-0.39, 0.29) is 36.4 Å². The van der Waals surface area contributed by atoms with E-state index in [0.717, 1.165) is 49.3 Å². The van der Waals surface area contributed by atoms with Gasteiger partial charge in [-0.25, -0.2) is 0 Å². The Balaban J connectivity index is 0.00000312. The van der Waals surface area contributed by atoms with Gasteiger partial charge in [-0.3, -0.25) is 9.79 Å². The second-order valence-corrected chi connectivity index (χ2v) is 6.08. The van der Waals surface area contributed by atoms with E-state index < -0.39 is 0 Å². The Hall–Kier alpha value is -1.22. The van der Waals surface area contributed by atoms with E-state index in [9.17, 15) is 4.79 Å². The zero-order chi connectivity index (χ0) is 17.4. The fourth-order valence-electron chi connectivity index (χ4n) is 2.69. The van der Waals surface area contributed by atoms with E-state index in [2.05, 4.69) is 25.4 Å². The number of piperazine rings is 1. The summed E-state index contributed by atoms with van der Waals surface area (Å²) in [4.78, 5) is 20.4. The summed E-state index contributed by atoms with van der Waals surface area (Å²) in [7, 11) is 1.74. The average molecular weight is 480 g/mol. The number of nitrogens with zero attached hydrogens (tertiary/aromatic N) is 3. The monoisotopic (exact) mass is 479 g/mol. The van der Waals surface area contributed by atoms with Crippen molar-refractivity contribution in [2.45, 2.75) is 13.3 Å². The van der Waals surface area contributed by atoms with Crippen LogP contribution >= 0.6 is 35.6 Å². The number of aliphatic imine (C=N–C) groups is 1. The largest absolute Gasteiger partial charge is 0.367 e. The van der Waals surface area contributed by atoms with Crippen molar-refractivity contribution < 1.29 is 4.79 Å². The molecule has 1 aromatic rings. The van der Waals surface area contributed by atoms with Crippen LogP contribution in [-0.4, -0.2) is 63.1 Å². The fraction of sp³-hybridized carbons (Fsp3) is 0.529. The molecule has 1 saturated heterocycles. The topological polar surface area (TPSA) is 60.0 Å². The highest BCUT2D eigenvalue weighted by Crippen LogP contribution is 2.25. The summed E-state index contributed by atoms with van der Waals surface area (Å²) in [5.74, 6) is 0.758. The molecule has 0 aliphatic carbocycles. The molecule has 140 valence electrons. The molecule has 1 aromatic carbocycles. The van der Waals surface area contributed by atoms with Gasteiger partial charge in [-0.1, -0.05) is 30.7 Å². The zero-order valence-corrected chi connectivity index (χ0v) is 17.9. The van der Waals surface area contributed by atoms with Crippen LogP contribution in [0.3, 0.4) is 0 Å². The quantitative estimate of drug-likeness (QED) is 0.386. The number of guanidine groups is 1. The highest BCUT2D eigenvalue weighted by Gasteiger charge is 2.21. The van der Waals surface area contributed by atoms with Crippen molar-refractivity contribution in [2.24, 2.45) is 4.99 Å². The van der Waals surface area contributed by atoms with Crippen LogP contribution in [0.5, 0.6) is 0 Å². The molecular formula is C17H27ClIN5O. The summed E-state index contributed by atoms with van der Waals surface area (Å²) >= 11 is 6.27. The van der Waals surface area contributed by atoms with Crippen molar-refractivity contribution in [3.8, 4) is 0 Å². The number of carbonyl (C=O) groups is 1. The SMILES string of the molecule is CCCNC(=O)CNC(=NC)N1CCN(c2ccccc2Cl)CC1.I. The molecule has 1 aliphatic rings. The van der Waals surface area contributed by atoms with Crippen LogP contribution in [0.2, 0.25) is 5.02 Å². The van der Waals surface area contributed by atoms with E-state index in [1.807, 2.05) is 31.2 Å². The predicted octanol–water partition coefficient (Wildman–Crippen LogP) is 2.18. The lowest BCUT2D eigenvalue weighted by Crippen LogP contribution is -2.53. The molecule has 2 rings (SSSR count). The maximum absolute atomic E-state index is 11.7. The third-order valence-electron chi connectivity index (χ3n) is 3.96. The van der Waals surface area contributed by atoms with Gasteiger partial charge in [-0.15, -0.1) is 24.0 Å². The normalized spacial score (nSPS) is 14.8. The van der Waals surface area contributed by atoms with Crippen molar-refractivity contribution in [1.29, 1.82) is 0 Å². The van der Waals surface area contributed by atoms with E-state index in [1.54, 1.807) is 7.05 Å². The lowest BCUT2D eigenvalue weighted by Gasteiger charge is -2.38. The second-order valence-electron chi connectivity index (χ2n) is 5.68. The number of rotatable bonds is 5. The summed E-state index contributed by atoms with van der Waals surface area (Å²) in [6.07, 6.45) is 0.935. The Kier molecular flexibility index (Phi) is 9.96. The van der Waals surface area contributed by atoms with Crippen molar-refractivity contribution in [1.82, 2.24) is 15.5 Å². The first-order valence-corrected chi connectivity index (χ1v) is 8.75. The Morgan fingerprint density at radius 3 is 2.48 bits per heavy atom. The highest BCUT2D eigenvalue weighted by atomic mass is 127. The molecule has 0 atom stereocenters. The molecule has 0 saturated carbocycles.